The average Bonchev–Trinajstić information content (AvgIpc) is 2.95. The predicted molar refractivity (Wildman–Crippen MR) is 77.5 cm³/mol. The van der Waals surface area contributed by atoms with Crippen LogP contribution in [0.3, 0.4) is 0 Å². The molecule has 0 saturated carbocycles. The highest BCUT2D eigenvalue weighted by Gasteiger charge is 2.30. The summed E-state index contributed by atoms with van der Waals surface area (Å²) in [7, 11) is 1.68. The molecule has 1 saturated heterocycles. The van der Waals surface area contributed by atoms with Crippen LogP contribution in [0.2, 0.25) is 0 Å². The molecule has 20 heavy (non-hydrogen) atoms. The number of methoxy groups -OCH3 is 1. The molecular formula is C15H23N3O2. The van der Waals surface area contributed by atoms with E-state index in [1.54, 1.807) is 19.5 Å². The number of hydrogen-bond acceptors (Lipinski definition) is 4. The van der Waals surface area contributed by atoms with Gasteiger partial charge in [-0.25, -0.2) is 0 Å². The van der Waals surface area contributed by atoms with E-state index in [1.165, 1.54) is 5.56 Å². The van der Waals surface area contributed by atoms with Crippen LogP contribution < -0.4 is 10.6 Å². The van der Waals surface area contributed by atoms with Crippen molar-refractivity contribution in [1.82, 2.24) is 15.6 Å². The number of amides is 1. The van der Waals surface area contributed by atoms with E-state index in [9.17, 15) is 4.79 Å². The van der Waals surface area contributed by atoms with Gasteiger partial charge in [-0.1, -0.05) is 13.8 Å². The highest BCUT2D eigenvalue weighted by molar-refractivity contribution is 5.82. The van der Waals surface area contributed by atoms with Gasteiger partial charge in [0.1, 0.15) is 0 Å². The van der Waals surface area contributed by atoms with E-state index in [1.807, 2.05) is 12.1 Å². The lowest BCUT2D eigenvalue weighted by molar-refractivity contribution is -0.123. The molecule has 2 rings (SSSR count). The third-order valence-corrected chi connectivity index (χ3v) is 3.91. The van der Waals surface area contributed by atoms with Crippen molar-refractivity contribution in [3.05, 3.63) is 30.1 Å². The van der Waals surface area contributed by atoms with E-state index < -0.39 is 0 Å². The monoisotopic (exact) mass is 277 g/mol. The van der Waals surface area contributed by atoms with Crippen LogP contribution >= 0.6 is 0 Å². The Labute approximate surface area is 120 Å². The fourth-order valence-electron chi connectivity index (χ4n) is 2.42. The van der Waals surface area contributed by atoms with Gasteiger partial charge in [0.2, 0.25) is 5.91 Å². The molecule has 0 radical (unpaired) electrons. The third-order valence-electron chi connectivity index (χ3n) is 3.91. The first-order valence-corrected chi connectivity index (χ1v) is 6.97. The number of nitrogens with one attached hydrogen (secondary N) is 2. The molecule has 5 nitrogen and oxygen atoms in total. The van der Waals surface area contributed by atoms with Crippen LogP contribution in [0.4, 0.5) is 0 Å². The van der Waals surface area contributed by atoms with Crippen LogP contribution in [0, 0.1) is 0 Å². The van der Waals surface area contributed by atoms with Gasteiger partial charge in [0.15, 0.2) is 0 Å². The molecule has 1 aromatic rings. The zero-order valence-electron chi connectivity index (χ0n) is 12.3. The molecule has 1 aliphatic rings. The number of nitrogens with zero attached hydrogens (tertiary/aromatic N) is 1. The van der Waals surface area contributed by atoms with Gasteiger partial charge in [-0.15, -0.1) is 0 Å². The molecule has 2 atom stereocenters. The molecule has 0 unspecified atom stereocenters. The van der Waals surface area contributed by atoms with Crippen LogP contribution in [-0.2, 0) is 14.9 Å². The molecule has 1 aromatic heterocycles. The Morgan fingerprint density at radius 3 is 2.80 bits per heavy atom. The molecule has 5 heteroatoms. The topological polar surface area (TPSA) is 63.2 Å². The molecule has 0 aliphatic carbocycles. The minimum absolute atomic E-state index is 0.0479. The number of hydrogen-bond donors (Lipinski definition) is 2. The van der Waals surface area contributed by atoms with E-state index in [-0.39, 0.29) is 23.5 Å². The number of carbonyl (C=O) groups is 1. The number of rotatable bonds is 5. The van der Waals surface area contributed by atoms with Crippen molar-refractivity contribution >= 4 is 5.91 Å². The maximum atomic E-state index is 12.1. The zero-order valence-corrected chi connectivity index (χ0v) is 12.3. The second kappa shape index (κ2) is 6.33. The van der Waals surface area contributed by atoms with Gasteiger partial charge in [0, 0.05) is 38.0 Å². The molecule has 0 spiro atoms. The van der Waals surface area contributed by atoms with Crippen molar-refractivity contribution in [1.29, 1.82) is 0 Å². The quantitative estimate of drug-likeness (QED) is 0.837. The minimum atomic E-state index is -0.145. The maximum absolute atomic E-state index is 12.1. The second-order valence-electron chi connectivity index (χ2n) is 5.89. The Bertz CT molecular complexity index is 448. The Balaban J connectivity index is 1.87. The summed E-state index contributed by atoms with van der Waals surface area (Å²) in [5.74, 6) is 0.0479. The van der Waals surface area contributed by atoms with Gasteiger partial charge < -0.3 is 15.4 Å². The van der Waals surface area contributed by atoms with Crippen molar-refractivity contribution in [3.63, 3.8) is 0 Å². The smallest absolute Gasteiger partial charge is 0.237 e. The molecule has 1 aliphatic heterocycles. The van der Waals surface area contributed by atoms with E-state index >= 15 is 0 Å². The van der Waals surface area contributed by atoms with Crippen molar-refractivity contribution < 1.29 is 9.53 Å². The predicted octanol–water partition coefficient (Wildman–Crippen LogP) is 0.852. The summed E-state index contributed by atoms with van der Waals surface area (Å²) in [4.78, 5) is 16.2. The summed E-state index contributed by atoms with van der Waals surface area (Å²) in [5.41, 5.74) is 1.06. The molecule has 0 aromatic carbocycles. The first-order chi connectivity index (χ1) is 9.53. The van der Waals surface area contributed by atoms with Crippen LogP contribution in [0.25, 0.3) is 0 Å². The highest BCUT2D eigenvalue weighted by atomic mass is 16.5. The fourth-order valence-corrected chi connectivity index (χ4v) is 2.42. The van der Waals surface area contributed by atoms with Crippen LogP contribution in [0.15, 0.2) is 24.5 Å². The van der Waals surface area contributed by atoms with E-state index in [2.05, 4.69) is 29.5 Å². The van der Waals surface area contributed by atoms with Gasteiger partial charge in [0.25, 0.3) is 0 Å². The van der Waals surface area contributed by atoms with Gasteiger partial charge in [0.05, 0.1) is 12.1 Å². The van der Waals surface area contributed by atoms with Crippen LogP contribution in [0.5, 0.6) is 0 Å². The lowest BCUT2D eigenvalue weighted by Gasteiger charge is -2.26. The molecule has 1 amide bonds. The third kappa shape index (κ3) is 3.55. The maximum Gasteiger partial charge on any atom is 0.237 e. The van der Waals surface area contributed by atoms with Crippen molar-refractivity contribution in [2.75, 3.05) is 20.2 Å². The molecule has 110 valence electrons. The molecule has 0 bridgehead atoms. The van der Waals surface area contributed by atoms with Gasteiger partial charge in [-0.2, -0.15) is 0 Å². The lowest BCUT2D eigenvalue weighted by atomic mass is 9.85. The second-order valence-corrected chi connectivity index (χ2v) is 5.89. The Kier molecular flexibility index (Phi) is 4.73. The average molecular weight is 277 g/mol. The summed E-state index contributed by atoms with van der Waals surface area (Å²) in [6.07, 6.45) is 4.43. The summed E-state index contributed by atoms with van der Waals surface area (Å²) in [6.45, 7) is 5.57. The minimum Gasteiger partial charge on any atom is -0.380 e. The van der Waals surface area contributed by atoms with Gasteiger partial charge in [-0.05, 0) is 24.1 Å². The van der Waals surface area contributed by atoms with Gasteiger partial charge >= 0.3 is 0 Å². The number of pyridine rings is 1. The summed E-state index contributed by atoms with van der Waals surface area (Å²) in [5, 5.41) is 6.22. The summed E-state index contributed by atoms with van der Waals surface area (Å²) >= 11 is 0. The summed E-state index contributed by atoms with van der Waals surface area (Å²) < 4.78 is 5.26. The van der Waals surface area contributed by atoms with Gasteiger partial charge in [-0.3, -0.25) is 9.78 Å². The number of carbonyl (C=O) groups excluding carboxylic acids is 1. The molecule has 2 heterocycles. The molecule has 2 N–H and O–H groups in total. The van der Waals surface area contributed by atoms with Crippen LogP contribution in [0.1, 0.15) is 25.8 Å². The van der Waals surface area contributed by atoms with E-state index in [0.29, 0.717) is 6.54 Å². The molecule has 1 fully saturated rings. The van der Waals surface area contributed by atoms with Crippen molar-refractivity contribution in [2.45, 2.75) is 37.8 Å². The number of aromatic nitrogens is 1. The fraction of sp³-hybridized carbons (Fsp3) is 0.600. The summed E-state index contributed by atoms with van der Waals surface area (Å²) in [6, 6.07) is 3.83. The first kappa shape index (κ1) is 14.9. The Morgan fingerprint density at radius 1 is 1.50 bits per heavy atom. The van der Waals surface area contributed by atoms with E-state index in [4.69, 9.17) is 4.74 Å². The van der Waals surface area contributed by atoms with Crippen molar-refractivity contribution in [3.8, 4) is 0 Å². The van der Waals surface area contributed by atoms with Crippen LogP contribution in [-0.4, -0.2) is 43.2 Å². The van der Waals surface area contributed by atoms with E-state index in [0.717, 1.165) is 13.0 Å². The normalized spacial score (nSPS) is 22.8. The molecular weight excluding hydrogens is 254 g/mol. The van der Waals surface area contributed by atoms with Crippen molar-refractivity contribution in [2.24, 2.45) is 0 Å². The first-order valence-electron chi connectivity index (χ1n) is 6.97. The zero-order chi connectivity index (χ0) is 14.6. The standard InChI is InChI=1S/C15H23N3O2/c1-15(2,11-4-6-16-7-5-11)10-18-14(19)13-8-12(20-3)9-17-13/h4-7,12-13,17H,8-10H2,1-3H3,(H,18,19)/t12-,13+/m0/s1. The highest BCUT2D eigenvalue weighted by Crippen LogP contribution is 2.21. The number of ether oxygens (including phenoxy) is 1. The lowest BCUT2D eigenvalue weighted by Crippen LogP contribution is -2.45. The Hall–Kier alpha value is -1.46. The Morgan fingerprint density at radius 2 is 2.20 bits per heavy atom. The largest absolute Gasteiger partial charge is 0.380 e. The SMILES string of the molecule is CO[C@@H]1CN[C@@H](C(=O)NCC(C)(C)c2ccncc2)C1.